The molecule has 0 unspecified atom stereocenters. The number of amides is 1. The Labute approximate surface area is 185 Å². The Bertz CT molecular complexity index is 1270. The monoisotopic (exact) mass is 428 g/mol. The molecule has 8 nitrogen and oxygen atoms in total. The molecule has 0 saturated carbocycles. The van der Waals surface area contributed by atoms with Gasteiger partial charge in [0, 0.05) is 37.4 Å². The molecule has 162 valence electrons. The molecule has 0 spiro atoms. The molecular formula is C24H24N6O2. The van der Waals surface area contributed by atoms with Crippen molar-refractivity contribution in [3.63, 3.8) is 0 Å². The van der Waals surface area contributed by atoms with Crippen molar-refractivity contribution in [3.8, 4) is 5.95 Å². The number of nitrogens with zero attached hydrogens (tertiary/aromatic N) is 4. The highest BCUT2D eigenvalue weighted by atomic mass is 16.5. The molecule has 32 heavy (non-hydrogen) atoms. The lowest BCUT2D eigenvalue weighted by molar-refractivity contribution is -0.119. The number of hydrogen-bond donors (Lipinski definition) is 2. The van der Waals surface area contributed by atoms with Gasteiger partial charge in [-0.15, -0.1) is 0 Å². The predicted molar refractivity (Wildman–Crippen MR) is 121 cm³/mol. The minimum atomic E-state index is -0.0660. The largest absolute Gasteiger partial charge is 0.376 e. The van der Waals surface area contributed by atoms with Gasteiger partial charge in [-0.2, -0.15) is 14.8 Å². The van der Waals surface area contributed by atoms with Crippen LogP contribution in [0.3, 0.4) is 0 Å². The summed E-state index contributed by atoms with van der Waals surface area (Å²) in [6, 6.07) is 16.1. The summed E-state index contributed by atoms with van der Waals surface area (Å²) < 4.78 is 7.43. The quantitative estimate of drug-likeness (QED) is 0.490. The van der Waals surface area contributed by atoms with E-state index in [1.807, 2.05) is 36.4 Å². The van der Waals surface area contributed by atoms with Crippen molar-refractivity contribution < 1.29 is 9.53 Å². The Hall–Kier alpha value is -3.78. The summed E-state index contributed by atoms with van der Waals surface area (Å²) in [6.07, 6.45) is 2.54. The topological polar surface area (TPSA) is 94.0 Å². The van der Waals surface area contributed by atoms with Gasteiger partial charge in [-0.3, -0.25) is 4.79 Å². The third-order valence-electron chi connectivity index (χ3n) is 5.53. The van der Waals surface area contributed by atoms with Crippen LogP contribution in [0.2, 0.25) is 0 Å². The van der Waals surface area contributed by atoms with Gasteiger partial charge in [-0.05, 0) is 17.2 Å². The molecule has 0 saturated heterocycles. The molecule has 2 aromatic heterocycles. The maximum absolute atomic E-state index is 11.3. The maximum Gasteiger partial charge on any atom is 0.253 e. The standard InChI is InChI=1S/C24H24N6O2/c1-16(31)25-13-18-8-5-9-22-19(18)14-27-30(22)24-28-21-10-11-32-15-20(21)23(29-24)26-12-17-6-3-2-4-7-17/h2-9,14H,10-13,15H2,1H3,(H,25,31)(H,26,28,29). The molecule has 0 aliphatic carbocycles. The van der Waals surface area contributed by atoms with E-state index in [0.29, 0.717) is 32.3 Å². The lowest BCUT2D eigenvalue weighted by atomic mass is 10.1. The Morgan fingerprint density at radius 3 is 2.81 bits per heavy atom. The molecule has 2 aromatic carbocycles. The zero-order valence-electron chi connectivity index (χ0n) is 17.8. The van der Waals surface area contributed by atoms with Crippen molar-refractivity contribution >= 4 is 22.6 Å². The van der Waals surface area contributed by atoms with Gasteiger partial charge in [-0.1, -0.05) is 42.5 Å². The molecule has 5 rings (SSSR count). The highest BCUT2D eigenvalue weighted by Crippen LogP contribution is 2.26. The van der Waals surface area contributed by atoms with Gasteiger partial charge in [0.2, 0.25) is 5.91 Å². The number of carbonyl (C=O) groups excluding carboxylic acids is 1. The number of ether oxygens (including phenoxy) is 1. The van der Waals surface area contributed by atoms with Crippen LogP contribution in [0.15, 0.2) is 54.7 Å². The summed E-state index contributed by atoms with van der Waals surface area (Å²) in [5, 5.41) is 11.9. The van der Waals surface area contributed by atoms with Gasteiger partial charge in [0.15, 0.2) is 0 Å². The molecule has 2 N–H and O–H groups in total. The number of hydrogen-bond acceptors (Lipinski definition) is 6. The number of anilines is 1. The Morgan fingerprint density at radius 2 is 1.97 bits per heavy atom. The molecule has 1 aliphatic rings. The van der Waals surface area contributed by atoms with E-state index in [4.69, 9.17) is 14.7 Å². The zero-order valence-corrected chi connectivity index (χ0v) is 17.8. The van der Waals surface area contributed by atoms with E-state index in [2.05, 4.69) is 27.9 Å². The maximum atomic E-state index is 11.3. The Kier molecular flexibility index (Phi) is 5.51. The third kappa shape index (κ3) is 4.04. The number of benzene rings is 2. The van der Waals surface area contributed by atoms with Crippen molar-refractivity contribution in [1.29, 1.82) is 0 Å². The number of aromatic nitrogens is 4. The third-order valence-corrected chi connectivity index (χ3v) is 5.53. The predicted octanol–water partition coefficient (Wildman–Crippen LogP) is 3.14. The first-order valence-electron chi connectivity index (χ1n) is 10.6. The van der Waals surface area contributed by atoms with E-state index in [-0.39, 0.29) is 5.91 Å². The zero-order chi connectivity index (χ0) is 21.9. The fourth-order valence-electron chi connectivity index (χ4n) is 3.89. The summed E-state index contributed by atoms with van der Waals surface area (Å²) in [6.45, 7) is 3.75. The van der Waals surface area contributed by atoms with Crippen molar-refractivity contribution in [2.75, 3.05) is 11.9 Å². The molecule has 0 bridgehead atoms. The van der Waals surface area contributed by atoms with E-state index < -0.39 is 0 Å². The first-order valence-corrected chi connectivity index (χ1v) is 10.6. The summed E-state index contributed by atoms with van der Waals surface area (Å²) >= 11 is 0. The van der Waals surface area contributed by atoms with Crippen LogP contribution in [0.5, 0.6) is 0 Å². The van der Waals surface area contributed by atoms with Gasteiger partial charge in [-0.25, -0.2) is 4.98 Å². The van der Waals surface area contributed by atoms with Gasteiger partial charge in [0.1, 0.15) is 5.82 Å². The molecule has 4 aromatic rings. The van der Waals surface area contributed by atoms with Gasteiger partial charge < -0.3 is 15.4 Å². The lowest BCUT2D eigenvalue weighted by Crippen LogP contribution is -2.19. The summed E-state index contributed by atoms with van der Waals surface area (Å²) in [5.74, 6) is 1.23. The molecule has 1 aliphatic heterocycles. The number of nitrogens with one attached hydrogen (secondary N) is 2. The lowest BCUT2D eigenvalue weighted by Gasteiger charge is -2.20. The Balaban J connectivity index is 1.53. The van der Waals surface area contributed by atoms with E-state index in [9.17, 15) is 4.79 Å². The minimum absolute atomic E-state index is 0.0660. The smallest absolute Gasteiger partial charge is 0.253 e. The molecule has 8 heteroatoms. The second-order valence-electron chi connectivity index (χ2n) is 7.76. The van der Waals surface area contributed by atoms with Crippen LogP contribution < -0.4 is 10.6 Å². The normalized spacial score (nSPS) is 13.0. The van der Waals surface area contributed by atoms with Crippen LogP contribution >= 0.6 is 0 Å². The fraction of sp³-hybridized carbons (Fsp3) is 0.250. The second kappa shape index (κ2) is 8.76. The molecule has 1 amide bonds. The van der Waals surface area contributed by atoms with Crippen LogP contribution in [0.4, 0.5) is 5.82 Å². The van der Waals surface area contributed by atoms with E-state index >= 15 is 0 Å². The first kappa shape index (κ1) is 20.1. The number of rotatable bonds is 6. The van der Waals surface area contributed by atoms with Crippen LogP contribution in [0, 0.1) is 0 Å². The van der Waals surface area contributed by atoms with Gasteiger partial charge in [0.05, 0.1) is 30.6 Å². The molecule has 0 fully saturated rings. The summed E-state index contributed by atoms with van der Waals surface area (Å²) in [7, 11) is 0. The van der Waals surface area contributed by atoms with E-state index in [1.165, 1.54) is 12.5 Å². The molecular weight excluding hydrogens is 404 g/mol. The van der Waals surface area contributed by atoms with Crippen molar-refractivity contribution in [2.45, 2.75) is 33.0 Å². The van der Waals surface area contributed by atoms with Crippen LogP contribution in [-0.4, -0.2) is 32.3 Å². The van der Waals surface area contributed by atoms with Crippen molar-refractivity contribution in [3.05, 3.63) is 77.1 Å². The molecule has 3 heterocycles. The van der Waals surface area contributed by atoms with Gasteiger partial charge in [0.25, 0.3) is 5.95 Å². The molecule has 0 atom stereocenters. The summed E-state index contributed by atoms with van der Waals surface area (Å²) in [4.78, 5) is 21.0. The van der Waals surface area contributed by atoms with Crippen LogP contribution in [-0.2, 0) is 35.6 Å². The minimum Gasteiger partial charge on any atom is -0.376 e. The second-order valence-corrected chi connectivity index (χ2v) is 7.76. The highest BCUT2D eigenvalue weighted by molar-refractivity contribution is 5.84. The van der Waals surface area contributed by atoms with Gasteiger partial charge >= 0.3 is 0 Å². The van der Waals surface area contributed by atoms with Crippen LogP contribution in [0.1, 0.15) is 29.3 Å². The van der Waals surface area contributed by atoms with E-state index in [1.54, 1.807) is 10.9 Å². The van der Waals surface area contributed by atoms with Crippen molar-refractivity contribution in [2.24, 2.45) is 0 Å². The first-order chi connectivity index (χ1) is 15.7. The van der Waals surface area contributed by atoms with Crippen LogP contribution in [0.25, 0.3) is 16.9 Å². The number of carbonyl (C=O) groups is 1. The summed E-state index contributed by atoms with van der Waals surface area (Å²) in [5.41, 5.74) is 5.05. The average Bonchev–Trinajstić information content (AvgIpc) is 3.26. The highest BCUT2D eigenvalue weighted by Gasteiger charge is 2.20. The van der Waals surface area contributed by atoms with E-state index in [0.717, 1.165) is 40.0 Å². The average molecular weight is 428 g/mol. The Morgan fingerprint density at radius 1 is 1.09 bits per heavy atom. The van der Waals surface area contributed by atoms with Crippen molar-refractivity contribution in [1.82, 2.24) is 25.1 Å². The molecule has 0 radical (unpaired) electrons. The fourth-order valence-corrected chi connectivity index (χ4v) is 3.89. The number of fused-ring (bicyclic) bond motifs is 2. The SMILES string of the molecule is CC(=O)NCc1cccc2c1cnn2-c1nc2c(c(NCc3ccccc3)n1)COCC2.